The predicted molar refractivity (Wildman–Crippen MR) is 72.0 cm³/mol. The van der Waals surface area contributed by atoms with Crippen LogP contribution in [0.1, 0.15) is 24.2 Å². The molecule has 90 valence electrons. The summed E-state index contributed by atoms with van der Waals surface area (Å²) in [6, 6.07) is 5.52. The first-order chi connectivity index (χ1) is 8.24. The van der Waals surface area contributed by atoms with E-state index in [0.717, 1.165) is 20.3 Å². The number of benzene rings is 1. The summed E-state index contributed by atoms with van der Waals surface area (Å²) in [4.78, 5) is 16.0. The number of carbonyl (C=O) groups excluding carboxylic acids is 1. The lowest BCUT2D eigenvalue weighted by molar-refractivity contribution is 0.0526. The molecule has 3 nitrogen and oxygen atoms in total. The van der Waals surface area contributed by atoms with E-state index in [1.165, 1.54) is 0 Å². The Balaban J connectivity index is 2.33. The quantitative estimate of drug-likeness (QED) is 0.627. The number of ether oxygens (including phenoxy) is 1. The lowest BCUT2D eigenvalue weighted by Gasteiger charge is -2.00. The topological polar surface area (TPSA) is 39.2 Å². The largest absolute Gasteiger partial charge is 0.462 e. The molecule has 0 aliphatic heterocycles. The molecule has 0 radical (unpaired) electrons. The lowest BCUT2D eigenvalue weighted by atomic mass is 10.2. The molecular weight excluding hydrogens is 254 g/mol. The van der Waals surface area contributed by atoms with Crippen molar-refractivity contribution in [1.82, 2.24) is 4.98 Å². The van der Waals surface area contributed by atoms with Crippen LogP contribution in [0.15, 0.2) is 22.5 Å². The van der Waals surface area contributed by atoms with E-state index in [9.17, 15) is 4.79 Å². The van der Waals surface area contributed by atoms with E-state index in [1.54, 1.807) is 42.2 Å². The molecule has 0 saturated carbocycles. The molecule has 0 N–H and O–H groups in total. The number of nitrogens with zero attached hydrogens (tertiary/aromatic N) is 1. The number of thiazole rings is 1. The van der Waals surface area contributed by atoms with Crippen molar-refractivity contribution in [3.8, 4) is 0 Å². The molecule has 0 fully saturated rings. The zero-order chi connectivity index (χ0) is 12.3. The van der Waals surface area contributed by atoms with Gasteiger partial charge in [0.15, 0.2) is 4.34 Å². The molecule has 5 heteroatoms. The van der Waals surface area contributed by atoms with Gasteiger partial charge in [-0.2, -0.15) is 0 Å². The van der Waals surface area contributed by atoms with E-state index in [2.05, 4.69) is 11.9 Å². The summed E-state index contributed by atoms with van der Waals surface area (Å²) in [5.41, 5.74) is 1.44. The SMILES string of the molecule is CCOC(=O)c1ccc2sc(SCC)nc2c1. The highest BCUT2D eigenvalue weighted by Crippen LogP contribution is 2.29. The maximum atomic E-state index is 11.6. The molecular formula is C12H13NO2S2. The maximum Gasteiger partial charge on any atom is 0.338 e. The third-order valence-corrected chi connectivity index (χ3v) is 4.21. The van der Waals surface area contributed by atoms with Gasteiger partial charge in [0, 0.05) is 0 Å². The lowest BCUT2D eigenvalue weighted by Crippen LogP contribution is -2.03. The van der Waals surface area contributed by atoms with Crippen LogP contribution in [0.2, 0.25) is 0 Å². The van der Waals surface area contributed by atoms with Crippen LogP contribution >= 0.6 is 23.1 Å². The van der Waals surface area contributed by atoms with Crippen LogP contribution < -0.4 is 0 Å². The zero-order valence-corrected chi connectivity index (χ0v) is 11.4. The Labute approximate surface area is 108 Å². The Kier molecular flexibility index (Phi) is 4.02. The minimum absolute atomic E-state index is 0.285. The Bertz CT molecular complexity index is 536. The Morgan fingerprint density at radius 1 is 1.47 bits per heavy atom. The predicted octanol–water partition coefficient (Wildman–Crippen LogP) is 3.59. The van der Waals surface area contributed by atoms with E-state index in [1.807, 2.05) is 6.07 Å². The van der Waals surface area contributed by atoms with E-state index in [0.29, 0.717) is 12.2 Å². The molecule has 0 atom stereocenters. The molecule has 1 aromatic carbocycles. The molecule has 0 spiro atoms. The van der Waals surface area contributed by atoms with Gasteiger partial charge in [-0.25, -0.2) is 9.78 Å². The van der Waals surface area contributed by atoms with E-state index in [4.69, 9.17) is 4.74 Å². The van der Waals surface area contributed by atoms with Crippen molar-refractivity contribution in [1.29, 1.82) is 0 Å². The van der Waals surface area contributed by atoms with Crippen LogP contribution in [0.5, 0.6) is 0 Å². The third-order valence-electron chi connectivity index (χ3n) is 2.15. The van der Waals surface area contributed by atoms with Crippen LogP contribution in [0.3, 0.4) is 0 Å². The molecule has 2 rings (SSSR count). The summed E-state index contributed by atoms with van der Waals surface area (Å²) in [6.07, 6.45) is 0. The number of hydrogen-bond acceptors (Lipinski definition) is 5. The number of hydrogen-bond donors (Lipinski definition) is 0. The monoisotopic (exact) mass is 267 g/mol. The number of fused-ring (bicyclic) bond motifs is 1. The van der Waals surface area contributed by atoms with E-state index >= 15 is 0 Å². The smallest absolute Gasteiger partial charge is 0.338 e. The summed E-state index contributed by atoms with van der Waals surface area (Å²) in [5.74, 6) is 0.719. The van der Waals surface area contributed by atoms with Gasteiger partial charge in [-0.3, -0.25) is 0 Å². The van der Waals surface area contributed by atoms with Gasteiger partial charge >= 0.3 is 5.97 Å². The first-order valence-corrected chi connectivity index (χ1v) is 7.25. The minimum Gasteiger partial charge on any atom is -0.462 e. The second-order valence-electron chi connectivity index (χ2n) is 3.32. The summed E-state index contributed by atoms with van der Waals surface area (Å²) in [5, 5.41) is 0. The third kappa shape index (κ3) is 2.79. The molecule has 1 aromatic heterocycles. The second-order valence-corrected chi connectivity index (χ2v) is 5.86. The fourth-order valence-corrected chi connectivity index (χ4v) is 3.38. The molecule has 2 aromatic rings. The number of rotatable bonds is 4. The number of carbonyl (C=O) groups is 1. The van der Waals surface area contributed by atoms with Crippen LogP contribution in [0.4, 0.5) is 0 Å². The fourth-order valence-electron chi connectivity index (χ4n) is 1.43. The van der Waals surface area contributed by atoms with Gasteiger partial charge in [0.1, 0.15) is 0 Å². The van der Waals surface area contributed by atoms with Crippen molar-refractivity contribution in [2.45, 2.75) is 18.2 Å². The summed E-state index contributed by atoms with van der Waals surface area (Å²) in [6.45, 7) is 4.29. The van der Waals surface area contributed by atoms with Crippen LogP contribution in [-0.2, 0) is 4.74 Å². The zero-order valence-electron chi connectivity index (χ0n) is 9.73. The molecule has 0 amide bonds. The van der Waals surface area contributed by atoms with Crippen molar-refractivity contribution >= 4 is 39.3 Å². The number of esters is 1. The first kappa shape index (κ1) is 12.4. The maximum absolute atomic E-state index is 11.6. The van der Waals surface area contributed by atoms with Gasteiger partial charge in [0.25, 0.3) is 0 Å². The van der Waals surface area contributed by atoms with Crippen molar-refractivity contribution in [3.63, 3.8) is 0 Å². The Morgan fingerprint density at radius 3 is 3.00 bits per heavy atom. The van der Waals surface area contributed by atoms with E-state index in [-0.39, 0.29) is 5.97 Å². The van der Waals surface area contributed by atoms with Gasteiger partial charge in [0.05, 0.1) is 22.4 Å². The normalized spacial score (nSPS) is 10.7. The molecule has 0 bridgehead atoms. The molecule has 0 aliphatic carbocycles. The molecule has 0 unspecified atom stereocenters. The second kappa shape index (κ2) is 5.51. The van der Waals surface area contributed by atoms with Crippen molar-refractivity contribution in [2.75, 3.05) is 12.4 Å². The Morgan fingerprint density at radius 2 is 2.29 bits per heavy atom. The summed E-state index contributed by atoms with van der Waals surface area (Å²) in [7, 11) is 0. The van der Waals surface area contributed by atoms with Gasteiger partial charge in [-0.1, -0.05) is 18.7 Å². The Hall–Kier alpha value is -1.07. The van der Waals surface area contributed by atoms with E-state index < -0.39 is 0 Å². The highest BCUT2D eigenvalue weighted by atomic mass is 32.2. The van der Waals surface area contributed by atoms with Crippen molar-refractivity contribution < 1.29 is 9.53 Å². The first-order valence-electron chi connectivity index (χ1n) is 5.45. The van der Waals surface area contributed by atoms with Gasteiger partial charge in [0.2, 0.25) is 0 Å². The summed E-state index contributed by atoms with van der Waals surface area (Å²) < 4.78 is 7.11. The molecule has 1 heterocycles. The van der Waals surface area contributed by atoms with Crippen LogP contribution in [0.25, 0.3) is 10.2 Å². The van der Waals surface area contributed by atoms with Gasteiger partial charge in [-0.15, -0.1) is 11.3 Å². The highest BCUT2D eigenvalue weighted by Gasteiger charge is 2.09. The van der Waals surface area contributed by atoms with Crippen molar-refractivity contribution in [2.24, 2.45) is 0 Å². The molecule has 0 saturated heterocycles. The highest BCUT2D eigenvalue weighted by molar-refractivity contribution is 8.01. The molecule has 0 aliphatic rings. The standard InChI is InChI=1S/C12H13NO2S2/c1-3-15-11(14)8-5-6-10-9(7-8)13-12(17-10)16-4-2/h5-7H,3-4H2,1-2H3. The van der Waals surface area contributed by atoms with Gasteiger partial charge in [-0.05, 0) is 30.9 Å². The number of aromatic nitrogens is 1. The van der Waals surface area contributed by atoms with Crippen LogP contribution in [0, 0.1) is 0 Å². The average Bonchev–Trinajstić information content (AvgIpc) is 2.71. The number of thioether (sulfide) groups is 1. The van der Waals surface area contributed by atoms with Crippen molar-refractivity contribution in [3.05, 3.63) is 23.8 Å². The molecule has 17 heavy (non-hydrogen) atoms. The van der Waals surface area contributed by atoms with Crippen LogP contribution in [-0.4, -0.2) is 23.3 Å². The summed E-state index contributed by atoms with van der Waals surface area (Å²) >= 11 is 3.37. The average molecular weight is 267 g/mol. The minimum atomic E-state index is -0.285. The van der Waals surface area contributed by atoms with Gasteiger partial charge < -0.3 is 4.74 Å². The fraction of sp³-hybridized carbons (Fsp3) is 0.333.